The first-order valence-corrected chi connectivity index (χ1v) is 9.22. The van der Waals surface area contributed by atoms with E-state index in [2.05, 4.69) is 5.32 Å². The summed E-state index contributed by atoms with van der Waals surface area (Å²) in [5.41, 5.74) is 0.290. The molecule has 2 N–H and O–H groups in total. The number of rotatable bonds is 8. The Morgan fingerprint density at radius 3 is 2.46 bits per heavy atom. The van der Waals surface area contributed by atoms with Gasteiger partial charge in [-0.2, -0.15) is 0 Å². The lowest BCUT2D eigenvalue weighted by Crippen LogP contribution is -2.45. The molecule has 1 heterocycles. The molecule has 8 heteroatoms. The predicted molar refractivity (Wildman–Crippen MR) is 103 cm³/mol. The van der Waals surface area contributed by atoms with E-state index in [1.165, 1.54) is 4.90 Å². The summed E-state index contributed by atoms with van der Waals surface area (Å²) in [5, 5.41) is 11.9. The second-order valence-corrected chi connectivity index (χ2v) is 7.75. The number of hydrogen-bond acceptors (Lipinski definition) is 5. The minimum atomic E-state index is -1.12. The van der Waals surface area contributed by atoms with E-state index in [0.29, 0.717) is 11.4 Å². The van der Waals surface area contributed by atoms with Crippen LogP contribution in [0.5, 0.6) is 5.75 Å². The van der Waals surface area contributed by atoms with Crippen molar-refractivity contribution in [1.82, 2.24) is 5.32 Å². The van der Waals surface area contributed by atoms with Crippen molar-refractivity contribution in [3.63, 3.8) is 0 Å². The van der Waals surface area contributed by atoms with E-state index < -0.39 is 23.8 Å². The Morgan fingerprint density at radius 1 is 1.29 bits per heavy atom. The highest BCUT2D eigenvalue weighted by molar-refractivity contribution is 6.00. The minimum absolute atomic E-state index is 0.0443. The molecule has 1 aliphatic heterocycles. The average Bonchev–Trinajstić information content (AvgIpc) is 3.01. The molecule has 28 heavy (non-hydrogen) atoms. The number of aliphatic carboxylic acids is 1. The monoisotopic (exact) mass is 392 g/mol. The van der Waals surface area contributed by atoms with Gasteiger partial charge < -0.3 is 24.8 Å². The molecule has 0 bridgehead atoms. The van der Waals surface area contributed by atoms with Crippen LogP contribution >= 0.6 is 0 Å². The van der Waals surface area contributed by atoms with Crippen LogP contribution in [0.25, 0.3) is 0 Å². The molecule has 0 spiro atoms. The van der Waals surface area contributed by atoms with Crippen LogP contribution in [-0.4, -0.2) is 54.8 Å². The third-order valence-electron chi connectivity index (χ3n) is 4.44. The van der Waals surface area contributed by atoms with Gasteiger partial charge in [-0.25, -0.2) is 4.79 Å². The number of nitrogens with zero attached hydrogens (tertiary/aromatic N) is 1. The van der Waals surface area contributed by atoms with E-state index in [9.17, 15) is 19.5 Å². The number of benzene rings is 1. The van der Waals surface area contributed by atoms with Gasteiger partial charge in [0.25, 0.3) is 0 Å². The second kappa shape index (κ2) is 9.05. The van der Waals surface area contributed by atoms with Gasteiger partial charge in [0.15, 0.2) is 0 Å². The van der Waals surface area contributed by atoms with Crippen molar-refractivity contribution >= 4 is 23.5 Å². The van der Waals surface area contributed by atoms with Gasteiger partial charge in [0, 0.05) is 31.7 Å². The third kappa shape index (κ3) is 5.95. The van der Waals surface area contributed by atoms with E-state index in [1.807, 2.05) is 20.8 Å². The van der Waals surface area contributed by atoms with Gasteiger partial charge in [-0.3, -0.25) is 9.59 Å². The fourth-order valence-electron chi connectivity index (χ4n) is 2.92. The highest BCUT2D eigenvalue weighted by Crippen LogP contribution is 2.27. The fourth-order valence-corrected chi connectivity index (χ4v) is 2.92. The van der Waals surface area contributed by atoms with Crippen molar-refractivity contribution in [2.75, 3.05) is 25.2 Å². The Hall–Kier alpha value is -2.61. The number of hydrogen-bond donors (Lipinski definition) is 2. The molecule has 1 aromatic rings. The third-order valence-corrected chi connectivity index (χ3v) is 4.44. The van der Waals surface area contributed by atoms with Crippen LogP contribution in [-0.2, 0) is 19.1 Å². The van der Waals surface area contributed by atoms with Crippen molar-refractivity contribution in [1.29, 1.82) is 0 Å². The first kappa shape index (κ1) is 21.7. The maximum atomic E-state index is 12.5. The Balaban J connectivity index is 1.95. The second-order valence-electron chi connectivity index (χ2n) is 7.75. The number of carbonyl (C=O) groups excluding carboxylic acids is 2. The summed E-state index contributed by atoms with van der Waals surface area (Å²) < 4.78 is 10.6. The Kier molecular flexibility index (Phi) is 7.01. The molecular weight excluding hydrogens is 364 g/mol. The molecule has 2 unspecified atom stereocenters. The van der Waals surface area contributed by atoms with Crippen LogP contribution in [0.3, 0.4) is 0 Å². The van der Waals surface area contributed by atoms with E-state index >= 15 is 0 Å². The van der Waals surface area contributed by atoms with Gasteiger partial charge in [-0.05, 0) is 45.0 Å². The van der Waals surface area contributed by atoms with Crippen LogP contribution in [0.15, 0.2) is 24.3 Å². The molecule has 0 aromatic heterocycles. The SMILES string of the molecule is COc1ccc(N2CC(C(=O)NC(CCOC(C)(C)C)C(=O)O)CC2=O)cc1. The van der Waals surface area contributed by atoms with Gasteiger partial charge in [0.1, 0.15) is 11.8 Å². The summed E-state index contributed by atoms with van der Waals surface area (Å²) in [6, 6.07) is 5.93. The number of amides is 2. The number of anilines is 1. The summed E-state index contributed by atoms with van der Waals surface area (Å²) in [4.78, 5) is 37.8. The molecule has 1 fully saturated rings. The summed E-state index contributed by atoms with van der Waals surface area (Å²) in [6.07, 6.45) is 0.198. The molecule has 154 valence electrons. The highest BCUT2D eigenvalue weighted by Gasteiger charge is 2.36. The zero-order valence-electron chi connectivity index (χ0n) is 16.7. The van der Waals surface area contributed by atoms with Crippen LogP contribution in [0.2, 0.25) is 0 Å². The molecule has 2 rings (SSSR count). The number of carbonyl (C=O) groups is 3. The standard InChI is InChI=1S/C20H28N2O6/c1-20(2,3)28-10-9-16(19(25)26)21-18(24)13-11-17(23)22(12-13)14-5-7-15(27-4)8-6-14/h5-8,13,16H,9-12H2,1-4H3,(H,21,24)(H,25,26). The first-order chi connectivity index (χ1) is 13.1. The molecule has 1 aliphatic rings. The lowest BCUT2D eigenvalue weighted by atomic mass is 10.1. The van der Waals surface area contributed by atoms with Crippen LogP contribution < -0.4 is 15.0 Å². The number of ether oxygens (including phenoxy) is 2. The summed E-state index contributed by atoms with van der Waals surface area (Å²) >= 11 is 0. The van der Waals surface area contributed by atoms with E-state index in [4.69, 9.17) is 9.47 Å². The zero-order valence-corrected chi connectivity index (χ0v) is 16.7. The van der Waals surface area contributed by atoms with Gasteiger partial charge in [0.2, 0.25) is 11.8 Å². The smallest absolute Gasteiger partial charge is 0.326 e. The maximum absolute atomic E-state index is 12.5. The zero-order chi connectivity index (χ0) is 20.9. The maximum Gasteiger partial charge on any atom is 0.326 e. The largest absolute Gasteiger partial charge is 0.497 e. The van der Waals surface area contributed by atoms with Crippen molar-refractivity contribution in [3.8, 4) is 5.75 Å². The number of carboxylic acids is 1. The molecule has 0 saturated carbocycles. The quantitative estimate of drug-likeness (QED) is 0.699. The summed E-state index contributed by atoms with van der Waals surface area (Å²) in [6.45, 7) is 6.04. The van der Waals surface area contributed by atoms with E-state index in [-0.39, 0.29) is 37.5 Å². The summed E-state index contributed by atoms with van der Waals surface area (Å²) in [7, 11) is 1.56. The average molecular weight is 392 g/mol. The Morgan fingerprint density at radius 2 is 1.93 bits per heavy atom. The molecule has 1 aromatic carbocycles. The van der Waals surface area contributed by atoms with Crippen molar-refractivity contribution in [3.05, 3.63) is 24.3 Å². The minimum Gasteiger partial charge on any atom is -0.497 e. The molecule has 1 saturated heterocycles. The first-order valence-electron chi connectivity index (χ1n) is 9.22. The lowest BCUT2D eigenvalue weighted by Gasteiger charge is -2.22. The molecular formula is C20H28N2O6. The van der Waals surface area contributed by atoms with Gasteiger partial charge in [0.05, 0.1) is 18.6 Å². The molecule has 2 amide bonds. The predicted octanol–water partition coefficient (Wildman–Crippen LogP) is 1.82. The normalized spacial score (nSPS) is 18.1. The van der Waals surface area contributed by atoms with Crippen molar-refractivity contribution in [2.45, 2.75) is 45.3 Å². The van der Waals surface area contributed by atoms with Crippen molar-refractivity contribution < 1.29 is 29.0 Å². The molecule has 8 nitrogen and oxygen atoms in total. The van der Waals surface area contributed by atoms with E-state index in [1.54, 1.807) is 31.4 Å². The number of carboxylic acid groups (broad SMARTS) is 1. The van der Waals surface area contributed by atoms with Crippen LogP contribution in [0.1, 0.15) is 33.6 Å². The van der Waals surface area contributed by atoms with Crippen LogP contribution in [0, 0.1) is 5.92 Å². The fraction of sp³-hybridized carbons (Fsp3) is 0.550. The number of methoxy groups -OCH3 is 1. The van der Waals surface area contributed by atoms with Crippen LogP contribution in [0.4, 0.5) is 5.69 Å². The summed E-state index contributed by atoms with van der Waals surface area (Å²) in [5.74, 6) is -1.66. The van der Waals surface area contributed by atoms with Gasteiger partial charge >= 0.3 is 5.97 Å². The Labute approximate surface area is 164 Å². The lowest BCUT2D eigenvalue weighted by molar-refractivity contribution is -0.143. The van der Waals surface area contributed by atoms with Gasteiger partial charge in [-0.1, -0.05) is 0 Å². The van der Waals surface area contributed by atoms with E-state index in [0.717, 1.165) is 0 Å². The van der Waals surface area contributed by atoms with Crippen molar-refractivity contribution in [2.24, 2.45) is 5.92 Å². The topological polar surface area (TPSA) is 105 Å². The molecule has 2 atom stereocenters. The molecule has 0 aliphatic carbocycles. The molecule has 0 radical (unpaired) electrons. The Bertz CT molecular complexity index is 710. The number of nitrogens with one attached hydrogen (secondary N) is 1. The van der Waals surface area contributed by atoms with Gasteiger partial charge in [-0.15, -0.1) is 0 Å². The highest BCUT2D eigenvalue weighted by atomic mass is 16.5.